The summed E-state index contributed by atoms with van der Waals surface area (Å²) < 4.78 is 26.8. The molecule has 7 nitrogen and oxygen atoms in total. The molecule has 10 heteroatoms. The minimum absolute atomic E-state index is 0.0717. The Morgan fingerprint density at radius 1 is 1.08 bits per heavy atom. The molecular formula is C16H13Cl2NO6S. The molecule has 0 spiro atoms. The first kappa shape index (κ1) is 20.0. The molecule has 0 fully saturated rings. The smallest absolute Gasteiger partial charge is 0.337 e. The molecule has 1 atom stereocenters. The Balaban J connectivity index is 2.80. The zero-order valence-electron chi connectivity index (χ0n) is 13.3. The van der Waals surface area contributed by atoms with Gasteiger partial charge < -0.3 is 10.2 Å². The Hall–Kier alpha value is -2.29. The maximum atomic E-state index is 13.2. The number of hydrogen-bond acceptors (Lipinski definition) is 4. The SMILES string of the molecule is CC(C(=O)O)N(c1ccccc1C(=O)O)S(=O)(=O)c1cc(Cl)ccc1Cl. The first-order valence-corrected chi connectivity index (χ1v) is 9.31. The summed E-state index contributed by atoms with van der Waals surface area (Å²) in [6.07, 6.45) is 0. The lowest BCUT2D eigenvalue weighted by Crippen LogP contribution is -2.44. The van der Waals surface area contributed by atoms with E-state index in [0.717, 1.165) is 13.0 Å². The van der Waals surface area contributed by atoms with Gasteiger partial charge in [-0.1, -0.05) is 35.3 Å². The van der Waals surface area contributed by atoms with Crippen LogP contribution in [0.2, 0.25) is 10.0 Å². The van der Waals surface area contributed by atoms with Crippen molar-refractivity contribution < 1.29 is 28.2 Å². The molecule has 0 saturated heterocycles. The summed E-state index contributed by atoms with van der Waals surface area (Å²) in [4.78, 5) is 22.6. The number of sulfonamides is 1. The van der Waals surface area contributed by atoms with Crippen LogP contribution in [0, 0.1) is 0 Å². The summed E-state index contributed by atoms with van der Waals surface area (Å²) >= 11 is 11.8. The van der Waals surface area contributed by atoms with Crippen LogP contribution in [0.5, 0.6) is 0 Å². The Kier molecular flexibility index (Phi) is 5.80. The van der Waals surface area contributed by atoms with E-state index < -0.39 is 32.9 Å². The maximum absolute atomic E-state index is 13.2. The van der Waals surface area contributed by atoms with E-state index in [1.165, 1.54) is 36.4 Å². The first-order chi connectivity index (χ1) is 12.1. The van der Waals surface area contributed by atoms with Gasteiger partial charge in [0.2, 0.25) is 0 Å². The number of benzene rings is 2. The highest BCUT2D eigenvalue weighted by Crippen LogP contribution is 2.33. The van der Waals surface area contributed by atoms with Crippen molar-refractivity contribution in [2.24, 2.45) is 0 Å². The molecule has 2 aromatic rings. The van der Waals surface area contributed by atoms with Crippen LogP contribution in [0.4, 0.5) is 5.69 Å². The van der Waals surface area contributed by atoms with Crippen molar-refractivity contribution >= 4 is 50.9 Å². The molecule has 2 aromatic carbocycles. The molecule has 0 aliphatic rings. The molecule has 2 N–H and O–H groups in total. The highest BCUT2D eigenvalue weighted by molar-refractivity contribution is 7.93. The number of carboxylic acid groups (broad SMARTS) is 2. The van der Waals surface area contributed by atoms with Gasteiger partial charge >= 0.3 is 11.9 Å². The van der Waals surface area contributed by atoms with Crippen LogP contribution in [0.1, 0.15) is 17.3 Å². The monoisotopic (exact) mass is 417 g/mol. The fourth-order valence-electron chi connectivity index (χ4n) is 2.27. The second-order valence-electron chi connectivity index (χ2n) is 5.21. The lowest BCUT2D eigenvalue weighted by Gasteiger charge is -2.29. The molecule has 0 heterocycles. The average molecular weight is 418 g/mol. The molecule has 0 aliphatic carbocycles. The number of rotatable bonds is 6. The van der Waals surface area contributed by atoms with Crippen molar-refractivity contribution in [2.45, 2.75) is 17.9 Å². The molecule has 2 rings (SSSR count). The van der Waals surface area contributed by atoms with Gasteiger partial charge in [-0.15, -0.1) is 0 Å². The number of aliphatic carboxylic acids is 1. The van der Waals surface area contributed by atoms with Gasteiger partial charge in [-0.05, 0) is 37.3 Å². The van der Waals surface area contributed by atoms with Crippen LogP contribution in [0.15, 0.2) is 47.4 Å². The van der Waals surface area contributed by atoms with E-state index in [2.05, 4.69) is 0 Å². The number of para-hydroxylation sites is 1. The average Bonchev–Trinajstić information content (AvgIpc) is 2.57. The second kappa shape index (κ2) is 7.53. The molecule has 0 aliphatic heterocycles. The van der Waals surface area contributed by atoms with E-state index in [-0.39, 0.29) is 21.3 Å². The van der Waals surface area contributed by atoms with Gasteiger partial charge in [0.15, 0.2) is 0 Å². The van der Waals surface area contributed by atoms with Crippen LogP contribution in [0.25, 0.3) is 0 Å². The van der Waals surface area contributed by atoms with Crippen LogP contribution < -0.4 is 4.31 Å². The van der Waals surface area contributed by atoms with Crippen molar-refractivity contribution in [2.75, 3.05) is 4.31 Å². The standard InChI is InChI=1S/C16H13Cl2NO6S/c1-9(15(20)21)19(13-5-3-2-4-11(13)16(22)23)26(24,25)14-8-10(17)6-7-12(14)18/h2-9H,1H3,(H,20,21)(H,22,23). The van der Waals surface area contributed by atoms with E-state index >= 15 is 0 Å². The number of carboxylic acids is 2. The molecule has 0 bridgehead atoms. The zero-order valence-corrected chi connectivity index (χ0v) is 15.6. The van der Waals surface area contributed by atoms with Gasteiger partial charge in [0, 0.05) is 5.02 Å². The van der Waals surface area contributed by atoms with Crippen molar-refractivity contribution in [3.05, 3.63) is 58.1 Å². The fraction of sp³-hybridized carbons (Fsp3) is 0.125. The number of anilines is 1. The molecule has 26 heavy (non-hydrogen) atoms. The summed E-state index contributed by atoms with van der Waals surface area (Å²) in [5.41, 5.74) is -0.673. The quantitative estimate of drug-likeness (QED) is 0.744. The van der Waals surface area contributed by atoms with E-state index in [1.54, 1.807) is 0 Å². The third-order valence-electron chi connectivity index (χ3n) is 3.51. The third kappa shape index (κ3) is 3.77. The summed E-state index contributed by atoms with van der Waals surface area (Å²) in [7, 11) is -4.53. The van der Waals surface area contributed by atoms with Gasteiger partial charge in [0.25, 0.3) is 10.0 Å². The van der Waals surface area contributed by atoms with Gasteiger partial charge in [0.1, 0.15) is 10.9 Å². The van der Waals surface area contributed by atoms with Crippen LogP contribution in [-0.4, -0.2) is 36.6 Å². The van der Waals surface area contributed by atoms with Crippen LogP contribution in [-0.2, 0) is 14.8 Å². The van der Waals surface area contributed by atoms with E-state index in [0.29, 0.717) is 4.31 Å². The van der Waals surface area contributed by atoms with Gasteiger partial charge in [-0.2, -0.15) is 0 Å². The number of carbonyl (C=O) groups is 2. The lowest BCUT2D eigenvalue weighted by molar-refractivity contribution is -0.137. The molecule has 138 valence electrons. The summed E-state index contributed by atoms with van der Waals surface area (Å²) in [5.74, 6) is -2.87. The van der Waals surface area contributed by atoms with Crippen LogP contribution in [0.3, 0.4) is 0 Å². The Bertz CT molecular complexity index is 976. The highest BCUT2D eigenvalue weighted by atomic mass is 35.5. The van der Waals surface area contributed by atoms with Crippen molar-refractivity contribution in [1.82, 2.24) is 0 Å². The molecule has 0 radical (unpaired) electrons. The number of aromatic carboxylic acids is 1. The largest absolute Gasteiger partial charge is 0.480 e. The predicted molar refractivity (Wildman–Crippen MR) is 96.6 cm³/mol. The first-order valence-electron chi connectivity index (χ1n) is 7.12. The summed E-state index contributed by atoms with van der Waals surface area (Å²) in [6, 6.07) is 7.28. The maximum Gasteiger partial charge on any atom is 0.337 e. The van der Waals surface area contributed by atoms with Crippen molar-refractivity contribution in [3.63, 3.8) is 0 Å². The summed E-state index contributed by atoms with van der Waals surface area (Å²) in [6.45, 7) is 1.12. The Morgan fingerprint density at radius 3 is 2.27 bits per heavy atom. The highest BCUT2D eigenvalue weighted by Gasteiger charge is 2.36. The third-order valence-corrected chi connectivity index (χ3v) is 6.11. The van der Waals surface area contributed by atoms with Crippen molar-refractivity contribution in [1.29, 1.82) is 0 Å². The fourth-order valence-corrected chi connectivity index (χ4v) is 4.65. The number of hydrogen-bond donors (Lipinski definition) is 2. The molecule has 0 saturated carbocycles. The molecule has 0 aromatic heterocycles. The molecule has 1 unspecified atom stereocenters. The van der Waals surface area contributed by atoms with E-state index in [1.807, 2.05) is 0 Å². The van der Waals surface area contributed by atoms with Gasteiger partial charge in [0.05, 0.1) is 16.3 Å². The zero-order chi connectivity index (χ0) is 19.6. The van der Waals surface area contributed by atoms with Gasteiger partial charge in [-0.3, -0.25) is 4.31 Å². The number of nitrogens with zero attached hydrogens (tertiary/aromatic N) is 1. The lowest BCUT2D eigenvalue weighted by atomic mass is 10.1. The number of halogens is 2. The Morgan fingerprint density at radius 2 is 1.69 bits per heavy atom. The minimum atomic E-state index is -4.53. The normalized spacial score (nSPS) is 12.4. The van der Waals surface area contributed by atoms with Crippen LogP contribution >= 0.6 is 23.2 Å². The molecule has 0 amide bonds. The van der Waals surface area contributed by atoms with Gasteiger partial charge in [-0.25, -0.2) is 18.0 Å². The van der Waals surface area contributed by atoms with E-state index in [4.69, 9.17) is 23.2 Å². The molecular weight excluding hydrogens is 405 g/mol. The topological polar surface area (TPSA) is 112 Å². The van der Waals surface area contributed by atoms with E-state index in [9.17, 15) is 28.2 Å². The second-order valence-corrected chi connectivity index (χ2v) is 7.84. The van der Waals surface area contributed by atoms with Crippen molar-refractivity contribution in [3.8, 4) is 0 Å². The summed E-state index contributed by atoms with van der Waals surface area (Å²) in [5, 5.41) is 18.6. The minimum Gasteiger partial charge on any atom is -0.480 e. The Labute approximate surface area is 159 Å². The predicted octanol–water partition coefficient (Wildman–Crippen LogP) is 3.36.